The number of carbonyl (C=O) groups is 1. The van der Waals surface area contributed by atoms with Gasteiger partial charge in [-0.2, -0.15) is 0 Å². The molecule has 2 rings (SSSR count). The maximum absolute atomic E-state index is 11.4. The Balaban J connectivity index is 2.40. The van der Waals surface area contributed by atoms with E-state index in [2.05, 4.69) is 5.43 Å². The molecule has 0 unspecified atom stereocenters. The van der Waals surface area contributed by atoms with Gasteiger partial charge in [-0.15, -0.1) is 0 Å². The average molecular weight is 190 g/mol. The number of nitrogens with one attached hydrogen (secondary N) is 1. The summed E-state index contributed by atoms with van der Waals surface area (Å²) in [6.07, 6.45) is 3.17. The second-order valence-electron chi connectivity index (χ2n) is 2.97. The third kappa shape index (κ3) is 1.36. The first kappa shape index (κ1) is 8.77. The Kier molecular flexibility index (Phi) is 2.20. The number of hydrogen-bond acceptors (Lipinski definition) is 3. The summed E-state index contributed by atoms with van der Waals surface area (Å²) in [5.41, 5.74) is 2.96. The maximum atomic E-state index is 11.4. The lowest BCUT2D eigenvalue weighted by Gasteiger charge is -2.18. The van der Waals surface area contributed by atoms with Gasteiger partial charge in [-0.05, 0) is 12.1 Å². The molecule has 1 aliphatic rings. The topological polar surface area (TPSA) is 64.3 Å². The molecule has 4 nitrogen and oxygen atoms in total. The zero-order valence-corrected chi connectivity index (χ0v) is 7.44. The predicted molar refractivity (Wildman–Crippen MR) is 51.3 cm³/mol. The molecule has 0 bridgehead atoms. The van der Waals surface area contributed by atoms with Crippen LogP contribution < -0.4 is 16.0 Å². The number of carbonyl (C=O) groups excluding carboxylic acids is 1. The van der Waals surface area contributed by atoms with Crippen LogP contribution in [0.2, 0.25) is 0 Å². The minimum atomic E-state index is -0.357. The lowest BCUT2D eigenvalue weighted by molar-refractivity contribution is -0.121. The summed E-state index contributed by atoms with van der Waals surface area (Å²) in [5, 5.41) is 0. The number of amides is 1. The lowest BCUT2D eigenvalue weighted by Crippen LogP contribution is -2.34. The van der Waals surface area contributed by atoms with Gasteiger partial charge in [0, 0.05) is 5.56 Å². The minimum absolute atomic E-state index is 0.239. The van der Waals surface area contributed by atoms with Crippen molar-refractivity contribution in [2.75, 3.05) is 0 Å². The zero-order chi connectivity index (χ0) is 9.97. The highest BCUT2D eigenvalue weighted by molar-refractivity contribution is 5.86. The van der Waals surface area contributed by atoms with Crippen LogP contribution in [0.5, 0.6) is 5.75 Å². The molecule has 1 heterocycles. The number of nitrogens with two attached hydrogens (primary N) is 1. The van der Waals surface area contributed by atoms with Crippen LogP contribution in [-0.4, -0.2) is 5.91 Å². The van der Waals surface area contributed by atoms with Crippen molar-refractivity contribution in [1.82, 2.24) is 5.43 Å². The van der Waals surface area contributed by atoms with Gasteiger partial charge in [0.25, 0.3) is 0 Å². The average Bonchev–Trinajstić information content (AvgIpc) is 2.27. The molecule has 4 heteroatoms. The Labute approximate surface area is 81.3 Å². The molecule has 1 aromatic rings. The maximum Gasteiger partial charge on any atom is 0.245 e. The number of para-hydroxylation sites is 1. The van der Waals surface area contributed by atoms with E-state index in [0.717, 1.165) is 5.56 Å². The molecular weight excluding hydrogens is 180 g/mol. The standard InChI is InChI=1S/C10H10N2O2/c11-12-10(13)8-5-6-14-9-4-2-1-3-7(8)9/h1-6,8H,11H2,(H,12,13)/t8-/m0/s1. The summed E-state index contributed by atoms with van der Waals surface area (Å²) in [6, 6.07) is 7.38. The summed E-state index contributed by atoms with van der Waals surface area (Å²) in [6.45, 7) is 0. The SMILES string of the molecule is NNC(=O)[C@H]1C=COc2ccccc21. The number of rotatable bonds is 1. The first-order valence-electron chi connectivity index (χ1n) is 4.25. The van der Waals surface area contributed by atoms with Crippen LogP contribution >= 0.6 is 0 Å². The molecule has 3 N–H and O–H groups in total. The van der Waals surface area contributed by atoms with Crippen LogP contribution in [0.1, 0.15) is 11.5 Å². The Morgan fingerprint density at radius 1 is 1.43 bits per heavy atom. The normalized spacial score (nSPS) is 18.2. The monoisotopic (exact) mass is 190 g/mol. The summed E-state index contributed by atoms with van der Waals surface area (Å²) in [7, 11) is 0. The Morgan fingerprint density at radius 3 is 3.00 bits per heavy atom. The van der Waals surface area contributed by atoms with Crippen molar-refractivity contribution in [2.45, 2.75) is 5.92 Å². The molecule has 0 aliphatic carbocycles. The molecule has 1 amide bonds. The third-order valence-corrected chi connectivity index (χ3v) is 2.14. The Bertz CT molecular complexity index is 387. The fourth-order valence-corrected chi connectivity index (χ4v) is 1.46. The van der Waals surface area contributed by atoms with E-state index in [1.807, 2.05) is 24.3 Å². The van der Waals surface area contributed by atoms with Crippen molar-refractivity contribution in [2.24, 2.45) is 5.84 Å². The summed E-state index contributed by atoms with van der Waals surface area (Å²) < 4.78 is 5.25. The van der Waals surface area contributed by atoms with Crippen LogP contribution in [0.15, 0.2) is 36.6 Å². The quantitative estimate of drug-likeness (QED) is 0.388. The van der Waals surface area contributed by atoms with Gasteiger partial charge in [-0.25, -0.2) is 5.84 Å². The molecular formula is C10H10N2O2. The summed E-state index contributed by atoms with van der Waals surface area (Å²) >= 11 is 0. The van der Waals surface area contributed by atoms with Crippen molar-refractivity contribution in [3.05, 3.63) is 42.2 Å². The molecule has 1 aliphatic heterocycles. The van der Waals surface area contributed by atoms with Gasteiger partial charge in [0.1, 0.15) is 5.75 Å². The van der Waals surface area contributed by atoms with E-state index in [0.29, 0.717) is 5.75 Å². The van der Waals surface area contributed by atoms with E-state index in [1.165, 1.54) is 6.26 Å². The lowest BCUT2D eigenvalue weighted by atomic mass is 9.96. The van der Waals surface area contributed by atoms with Gasteiger partial charge in [-0.1, -0.05) is 18.2 Å². The van der Waals surface area contributed by atoms with E-state index in [4.69, 9.17) is 10.6 Å². The number of benzene rings is 1. The molecule has 0 spiro atoms. The van der Waals surface area contributed by atoms with Crippen molar-refractivity contribution in [3.63, 3.8) is 0 Å². The smallest absolute Gasteiger partial charge is 0.245 e. The number of fused-ring (bicyclic) bond motifs is 1. The van der Waals surface area contributed by atoms with Crippen LogP contribution in [0.25, 0.3) is 0 Å². The fourth-order valence-electron chi connectivity index (χ4n) is 1.46. The van der Waals surface area contributed by atoms with Crippen molar-refractivity contribution in [1.29, 1.82) is 0 Å². The van der Waals surface area contributed by atoms with E-state index >= 15 is 0 Å². The minimum Gasteiger partial charge on any atom is -0.465 e. The number of ether oxygens (including phenoxy) is 1. The van der Waals surface area contributed by atoms with Crippen LogP contribution in [0, 0.1) is 0 Å². The fraction of sp³-hybridized carbons (Fsp3) is 0.100. The first-order valence-corrected chi connectivity index (χ1v) is 4.25. The molecule has 0 aromatic heterocycles. The number of hydrogen-bond donors (Lipinski definition) is 2. The Morgan fingerprint density at radius 2 is 2.21 bits per heavy atom. The Hall–Kier alpha value is -1.81. The van der Waals surface area contributed by atoms with Crippen molar-refractivity contribution >= 4 is 5.91 Å². The van der Waals surface area contributed by atoms with Crippen molar-refractivity contribution < 1.29 is 9.53 Å². The van der Waals surface area contributed by atoms with Gasteiger partial charge < -0.3 is 4.74 Å². The molecule has 1 aromatic carbocycles. The highest BCUT2D eigenvalue weighted by Gasteiger charge is 2.22. The summed E-state index contributed by atoms with van der Waals surface area (Å²) in [4.78, 5) is 11.4. The van der Waals surface area contributed by atoms with Gasteiger partial charge in [0.05, 0.1) is 12.2 Å². The van der Waals surface area contributed by atoms with Crippen LogP contribution in [-0.2, 0) is 4.79 Å². The summed E-state index contributed by atoms with van der Waals surface area (Å²) in [5.74, 6) is 5.19. The third-order valence-electron chi connectivity index (χ3n) is 2.14. The van der Waals surface area contributed by atoms with E-state index in [1.54, 1.807) is 6.08 Å². The molecule has 0 radical (unpaired) electrons. The van der Waals surface area contributed by atoms with Gasteiger partial charge in [0.2, 0.25) is 5.91 Å². The first-order chi connectivity index (χ1) is 6.83. The van der Waals surface area contributed by atoms with E-state index in [-0.39, 0.29) is 11.8 Å². The predicted octanol–water partition coefficient (Wildman–Crippen LogP) is 0.666. The molecule has 72 valence electrons. The van der Waals surface area contributed by atoms with Gasteiger partial charge in [0.15, 0.2) is 0 Å². The molecule has 0 saturated heterocycles. The molecule has 1 atom stereocenters. The number of hydrazine groups is 1. The largest absolute Gasteiger partial charge is 0.465 e. The zero-order valence-electron chi connectivity index (χ0n) is 7.44. The van der Waals surface area contributed by atoms with Crippen molar-refractivity contribution in [3.8, 4) is 5.75 Å². The van der Waals surface area contributed by atoms with Crippen LogP contribution in [0.3, 0.4) is 0 Å². The van der Waals surface area contributed by atoms with E-state index in [9.17, 15) is 4.79 Å². The second-order valence-corrected chi connectivity index (χ2v) is 2.97. The molecule has 0 saturated carbocycles. The highest BCUT2D eigenvalue weighted by Crippen LogP contribution is 2.31. The highest BCUT2D eigenvalue weighted by atomic mass is 16.5. The molecule has 0 fully saturated rings. The van der Waals surface area contributed by atoms with Gasteiger partial charge in [-0.3, -0.25) is 10.2 Å². The van der Waals surface area contributed by atoms with E-state index < -0.39 is 0 Å². The second kappa shape index (κ2) is 3.51. The van der Waals surface area contributed by atoms with Gasteiger partial charge >= 0.3 is 0 Å². The van der Waals surface area contributed by atoms with Crippen LogP contribution in [0.4, 0.5) is 0 Å². The molecule has 14 heavy (non-hydrogen) atoms.